The first kappa shape index (κ1) is 21.8. The van der Waals surface area contributed by atoms with Gasteiger partial charge in [0.25, 0.3) is 5.69 Å². The van der Waals surface area contributed by atoms with E-state index in [1.807, 2.05) is 22.1 Å². The quantitative estimate of drug-likeness (QED) is 0.288. The van der Waals surface area contributed by atoms with Crippen LogP contribution in [-0.2, 0) is 16.1 Å². The van der Waals surface area contributed by atoms with Gasteiger partial charge in [-0.2, -0.15) is 0 Å². The molecule has 1 N–H and O–H groups in total. The van der Waals surface area contributed by atoms with E-state index >= 15 is 0 Å². The van der Waals surface area contributed by atoms with Gasteiger partial charge in [-0.3, -0.25) is 19.5 Å². The molecule has 1 saturated heterocycles. The van der Waals surface area contributed by atoms with Crippen molar-refractivity contribution in [2.75, 3.05) is 17.7 Å². The van der Waals surface area contributed by atoms with Crippen LogP contribution in [0.4, 0.5) is 11.4 Å². The summed E-state index contributed by atoms with van der Waals surface area (Å²) in [6.07, 6.45) is 2.10. The summed E-state index contributed by atoms with van der Waals surface area (Å²) in [5, 5.41) is 24.9. The molecule has 3 heterocycles. The van der Waals surface area contributed by atoms with Crippen molar-refractivity contribution in [3.05, 3.63) is 50.8 Å². The summed E-state index contributed by atoms with van der Waals surface area (Å²) in [6.45, 7) is 1.37. The van der Waals surface area contributed by atoms with Crippen molar-refractivity contribution < 1.29 is 14.5 Å². The van der Waals surface area contributed by atoms with Gasteiger partial charge < -0.3 is 10.1 Å². The van der Waals surface area contributed by atoms with E-state index in [2.05, 4.69) is 15.5 Å². The van der Waals surface area contributed by atoms with Gasteiger partial charge in [0.1, 0.15) is 5.02 Å². The molecule has 0 bridgehead atoms. The van der Waals surface area contributed by atoms with Crippen molar-refractivity contribution in [2.24, 2.45) is 0 Å². The van der Waals surface area contributed by atoms with Crippen LogP contribution >= 0.6 is 34.7 Å². The number of nitro groups is 1. The molecule has 1 aliphatic rings. The van der Waals surface area contributed by atoms with Crippen molar-refractivity contribution in [1.29, 1.82) is 0 Å². The number of carbonyl (C=O) groups is 1. The van der Waals surface area contributed by atoms with Crippen LogP contribution in [0.25, 0.3) is 10.7 Å². The highest BCUT2D eigenvalue weighted by atomic mass is 35.5. The zero-order chi connectivity index (χ0) is 21.8. The van der Waals surface area contributed by atoms with Crippen LogP contribution in [0.15, 0.2) is 40.9 Å². The number of carbonyl (C=O) groups excluding carboxylic acids is 1. The molecule has 1 unspecified atom stereocenters. The number of halogens is 1. The lowest BCUT2D eigenvalue weighted by atomic mass is 10.2. The molecular formula is C19H18ClN5O4S2. The van der Waals surface area contributed by atoms with E-state index in [1.165, 1.54) is 30.0 Å². The van der Waals surface area contributed by atoms with Gasteiger partial charge >= 0.3 is 0 Å². The van der Waals surface area contributed by atoms with Gasteiger partial charge in [0, 0.05) is 18.4 Å². The lowest BCUT2D eigenvalue weighted by Crippen LogP contribution is -2.18. The fourth-order valence-electron chi connectivity index (χ4n) is 3.20. The van der Waals surface area contributed by atoms with E-state index in [0.29, 0.717) is 17.4 Å². The Bertz CT molecular complexity index is 1080. The maximum absolute atomic E-state index is 12.4. The number of rotatable bonds is 8. The molecule has 1 aromatic carbocycles. The number of nitrogens with zero attached hydrogens (tertiary/aromatic N) is 4. The number of thioether (sulfide) groups is 1. The largest absolute Gasteiger partial charge is 0.376 e. The first-order valence-electron chi connectivity index (χ1n) is 9.46. The third kappa shape index (κ3) is 5.24. The molecule has 1 fully saturated rings. The van der Waals surface area contributed by atoms with Crippen LogP contribution in [0.3, 0.4) is 0 Å². The third-order valence-corrected chi connectivity index (χ3v) is 6.78. The molecule has 9 nitrogen and oxygen atoms in total. The summed E-state index contributed by atoms with van der Waals surface area (Å²) in [7, 11) is 0. The number of benzene rings is 1. The van der Waals surface area contributed by atoms with E-state index in [1.54, 1.807) is 11.3 Å². The Morgan fingerprint density at radius 2 is 2.29 bits per heavy atom. The summed E-state index contributed by atoms with van der Waals surface area (Å²) in [5.41, 5.74) is 0.0470. The Labute approximate surface area is 190 Å². The molecule has 2 aromatic heterocycles. The topological polar surface area (TPSA) is 112 Å². The lowest BCUT2D eigenvalue weighted by molar-refractivity contribution is -0.384. The van der Waals surface area contributed by atoms with Crippen molar-refractivity contribution >= 4 is 52.0 Å². The predicted octanol–water partition coefficient (Wildman–Crippen LogP) is 4.48. The van der Waals surface area contributed by atoms with Gasteiger partial charge in [0.15, 0.2) is 11.0 Å². The number of aromatic nitrogens is 3. The first-order valence-corrected chi connectivity index (χ1v) is 11.7. The van der Waals surface area contributed by atoms with Crippen LogP contribution in [0.1, 0.15) is 12.8 Å². The predicted molar refractivity (Wildman–Crippen MR) is 120 cm³/mol. The van der Waals surface area contributed by atoms with Gasteiger partial charge in [0.2, 0.25) is 5.91 Å². The molecule has 162 valence electrons. The monoisotopic (exact) mass is 479 g/mol. The Kier molecular flexibility index (Phi) is 6.86. The Balaban J connectivity index is 1.46. The number of hydrogen-bond acceptors (Lipinski definition) is 8. The molecule has 12 heteroatoms. The fraction of sp³-hybridized carbons (Fsp3) is 0.316. The minimum atomic E-state index is -0.591. The molecule has 1 aliphatic heterocycles. The van der Waals surface area contributed by atoms with E-state index in [4.69, 9.17) is 16.3 Å². The van der Waals surface area contributed by atoms with Crippen LogP contribution < -0.4 is 5.32 Å². The second kappa shape index (κ2) is 9.77. The van der Waals surface area contributed by atoms with Crippen molar-refractivity contribution in [3.8, 4) is 10.7 Å². The minimum absolute atomic E-state index is 0.0145. The molecule has 3 aromatic rings. The van der Waals surface area contributed by atoms with Gasteiger partial charge in [-0.25, -0.2) is 0 Å². The molecular weight excluding hydrogens is 462 g/mol. The van der Waals surface area contributed by atoms with E-state index < -0.39 is 4.92 Å². The Morgan fingerprint density at radius 1 is 1.42 bits per heavy atom. The number of hydrogen-bond donors (Lipinski definition) is 1. The molecule has 0 spiro atoms. The summed E-state index contributed by atoms with van der Waals surface area (Å²) in [6, 6.07) is 8.08. The number of amides is 1. The SMILES string of the molecule is O=C(CSc1nnc(-c2cccs2)n1CC1CCCO1)Nc1ccc(Cl)c([N+](=O)[O-])c1. The highest BCUT2D eigenvalue weighted by Crippen LogP contribution is 2.30. The average Bonchev–Trinajstić information content (AvgIpc) is 3.50. The summed E-state index contributed by atoms with van der Waals surface area (Å²) in [5.74, 6) is 0.512. The lowest BCUT2D eigenvalue weighted by Gasteiger charge is -2.14. The Morgan fingerprint density at radius 3 is 3.00 bits per heavy atom. The number of thiophene rings is 1. The normalized spacial score (nSPS) is 15.8. The molecule has 1 atom stereocenters. The molecule has 0 aliphatic carbocycles. The zero-order valence-electron chi connectivity index (χ0n) is 16.2. The smallest absolute Gasteiger partial charge is 0.289 e. The van der Waals surface area contributed by atoms with Crippen molar-refractivity contribution in [1.82, 2.24) is 14.8 Å². The first-order chi connectivity index (χ1) is 15.0. The van der Waals surface area contributed by atoms with E-state index in [9.17, 15) is 14.9 Å². The third-order valence-electron chi connectivity index (χ3n) is 4.63. The minimum Gasteiger partial charge on any atom is -0.376 e. The molecule has 0 radical (unpaired) electrons. The number of nitro benzene ring substituents is 1. The zero-order valence-corrected chi connectivity index (χ0v) is 18.6. The number of anilines is 1. The van der Waals surface area contributed by atoms with Crippen LogP contribution in [0.2, 0.25) is 5.02 Å². The molecule has 4 rings (SSSR count). The maximum Gasteiger partial charge on any atom is 0.289 e. The summed E-state index contributed by atoms with van der Waals surface area (Å²) < 4.78 is 7.76. The van der Waals surface area contributed by atoms with Crippen LogP contribution in [0, 0.1) is 10.1 Å². The summed E-state index contributed by atoms with van der Waals surface area (Å²) in [4.78, 5) is 23.9. The van der Waals surface area contributed by atoms with Gasteiger partial charge in [-0.1, -0.05) is 29.4 Å². The van der Waals surface area contributed by atoms with Gasteiger partial charge in [-0.15, -0.1) is 21.5 Å². The Hall–Kier alpha value is -2.47. The molecule has 0 saturated carbocycles. The van der Waals surface area contributed by atoms with E-state index in [-0.39, 0.29) is 28.5 Å². The van der Waals surface area contributed by atoms with Crippen molar-refractivity contribution in [2.45, 2.75) is 30.6 Å². The highest BCUT2D eigenvalue weighted by Gasteiger charge is 2.23. The highest BCUT2D eigenvalue weighted by molar-refractivity contribution is 7.99. The summed E-state index contributed by atoms with van der Waals surface area (Å²) >= 11 is 8.64. The number of nitrogens with one attached hydrogen (secondary N) is 1. The second-order valence-electron chi connectivity index (χ2n) is 6.79. The van der Waals surface area contributed by atoms with E-state index in [0.717, 1.165) is 30.2 Å². The van der Waals surface area contributed by atoms with Gasteiger partial charge in [0.05, 0.1) is 28.2 Å². The molecule has 31 heavy (non-hydrogen) atoms. The van der Waals surface area contributed by atoms with Crippen molar-refractivity contribution in [3.63, 3.8) is 0 Å². The number of ether oxygens (including phenoxy) is 1. The van der Waals surface area contributed by atoms with Crippen LogP contribution in [-0.4, -0.2) is 44.1 Å². The standard InChI is InChI=1S/C19H18ClN5O4S2/c20-14-6-5-12(9-15(14)25(27)28)21-17(26)11-31-19-23-22-18(16-4-2-8-30-16)24(19)10-13-3-1-7-29-13/h2,4-6,8-9,13H,1,3,7,10-11H2,(H,21,26). The fourth-order valence-corrected chi connectivity index (χ4v) is 4.85. The second-order valence-corrected chi connectivity index (χ2v) is 9.09. The van der Waals surface area contributed by atoms with Crippen LogP contribution in [0.5, 0.6) is 0 Å². The maximum atomic E-state index is 12.4. The average molecular weight is 480 g/mol. The molecule has 1 amide bonds. The van der Waals surface area contributed by atoms with Gasteiger partial charge in [-0.05, 0) is 36.4 Å².